The van der Waals surface area contributed by atoms with Crippen molar-refractivity contribution in [3.63, 3.8) is 0 Å². The first kappa shape index (κ1) is 20.3. The molecule has 6 nitrogen and oxygen atoms in total. The van der Waals surface area contributed by atoms with Crippen LogP contribution in [0.2, 0.25) is 0 Å². The fourth-order valence-electron chi connectivity index (χ4n) is 3.55. The third-order valence-electron chi connectivity index (χ3n) is 5.11. The molecular weight excluding hydrogens is 368 g/mol. The van der Waals surface area contributed by atoms with Crippen LogP contribution in [0.25, 0.3) is 0 Å². The van der Waals surface area contributed by atoms with Gasteiger partial charge in [0.05, 0.1) is 12.2 Å². The molecule has 150 valence electrons. The molecule has 1 heterocycles. The number of likely N-dealkylation sites (N-methyl/N-ethyl adjacent to an activating group) is 1. The number of esters is 1. The van der Waals surface area contributed by atoms with Crippen molar-refractivity contribution >= 4 is 17.8 Å². The van der Waals surface area contributed by atoms with Crippen molar-refractivity contribution in [1.82, 2.24) is 10.2 Å². The number of allylic oxidation sites excluding steroid dienone is 1. The number of benzene rings is 2. The molecule has 0 fully saturated rings. The lowest BCUT2D eigenvalue weighted by atomic mass is 9.80. The van der Waals surface area contributed by atoms with Gasteiger partial charge in [-0.1, -0.05) is 48.5 Å². The minimum atomic E-state index is -0.932. The summed E-state index contributed by atoms with van der Waals surface area (Å²) in [6.07, 6.45) is 0. The van der Waals surface area contributed by atoms with Crippen LogP contribution in [0.3, 0.4) is 0 Å². The summed E-state index contributed by atoms with van der Waals surface area (Å²) < 4.78 is 5.28. The molecule has 0 aliphatic carbocycles. The van der Waals surface area contributed by atoms with E-state index in [1.807, 2.05) is 36.4 Å². The average Bonchev–Trinajstić information content (AvgIpc) is 2.75. The highest BCUT2D eigenvalue weighted by Crippen LogP contribution is 2.37. The Bertz CT molecular complexity index is 938. The van der Waals surface area contributed by atoms with Gasteiger partial charge < -0.3 is 15.0 Å². The van der Waals surface area contributed by atoms with Crippen LogP contribution in [0.4, 0.5) is 0 Å². The number of nitrogens with zero attached hydrogens (tertiary/aromatic N) is 1. The van der Waals surface area contributed by atoms with Gasteiger partial charge in [0, 0.05) is 24.2 Å². The number of hydrogen-bond acceptors (Lipinski definition) is 4. The minimum absolute atomic E-state index is 0.218. The Morgan fingerprint density at radius 1 is 1.03 bits per heavy atom. The zero-order chi connectivity index (χ0) is 21.0. The van der Waals surface area contributed by atoms with Crippen molar-refractivity contribution in [2.24, 2.45) is 0 Å². The Balaban J connectivity index is 2.08. The van der Waals surface area contributed by atoms with E-state index in [0.717, 1.165) is 5.56 Å². The number of carbonyl (C=O) groups is 3. The van der Waals surface area contributed by atoms with E-state index < -0.39 is 17.9 Å². The fraction of sp³-hybridized carbons (Fsp3) is 0.261. The third-order valence-corrected chi connectivity index (χ3v) is 5.11. The highest BCUT2D eigenvalue weighted by atomic mass is 16.5. The van der Waals surface area contributed by atoms with E-state index in [-0.39, 0.29) is 18.4 Å². The van der Waals surface area contributed by atoms with Crippen molar-refractivity contribution in [3.8, 4) is 0 Å². The Kier molecular flexibility index (Phi) is 6.12. The van der Waals surface area contributed by atoms with E-state index in [0.29, 0.717) is 16.8 Å². The van der Waals surface area contributed by atoms with Gasteiger partial charge in [-0.2, -0.15) is 0 Å². The van der Waals surface area contributed by atoms with Crippen molar-refractivity contribution < 1.29 is 19.1 Å². The van der Waals surface area contributed by atoms with Gasteiger partial charge in [0.15, 0.2) is 0 Å². The maximum atomic E-state index is 13.1. The van der Waals surface area contributed by atoms with Crippen LogP contribution in [-0.4, -0.2) is 42.4 Å². The van der Waals surface area contributed by atoms with Gasteiger partial charge in [-0.15, -0.1) is 0 Å². The maximum absolute atomic E-state index is 13.1. The molecule has 0 aromatic heterocycles. The highest BCUT2D eigenvalue weighted by molar-refractivity contribution is 6.02. The number of rotatable bonds is 5. The Morgan fingerprint density at radius 2 is 1.62 bits per heavy atom. The van der Waals surface area contributed by atoms with Gasteiger partial charge in [0.2, 0.25) is 5.91 Å². The molecule has 29 heavy (non-hydrogen) atoms. The molecule has 0 spiro atoms. The molecule has 2 aromatic carbocycles. The normalized spacial score (nSPS) is 19.1. The zero-order valence-corrected chi connectivity index (χ0v) is 16.7. The van der Waals surface area contributed by atoms with Gasteiger partial charge in [-0.05, 0) is 31.5 Å². The molecule has 2 aromatic rings. The van der Waals surface area contributed by atoms with Crippen molar-refractivity contribution in [2.75, 3.05) is 13.7 Å². The molecule has 1 aliphatic rings. The smallest absolute Gasteiger partial charge is 0.336 e. The summed E-state index contributed by atoms with van der Waals surface area (Å²) in [5.41, 5.74) is 2.10. The fourth-order valence-corrected chi connectivity index (χ4v) is 3.55. The number of ether oxygens (including phenoxy) is 1. The van der Waals surface area contributed by atoms with E-state index >= 15 is 0 Å². The van der Waals surface area contributed by atoms with Crippen LogP contribution in [0.15, 0.2) is 71.9 Å². The van der Waals surface area contributed by atoms with E-state index in [9.17, 15) is 14.4 Å². The standard InChI is InChI=1S/C23H24N2O4/c1-4-29-23(28)18-15(2)25(3)22(27)20(19(18)16-11-7-5-8-12-16)24-21(26)17-13-9-6-10-14-17/h5-14,19-20H,4H2,1-3H3,(H,24,26)/t19-,20+/m1/s1. The quantitative estimate of drug-likeness (QED) is 0.794. The Morgan fingerprint density at radius 3 is 2.21 bits per heavy atom. The average molecular weight is 392 g/mol. The number of carbonyl (C=O) groups excluding carboxylic acids is 3. The van der Waals surface area contributed by atoms with Gasteiger partial charge in [0.1, 0.15) is 6.04 Å². The van der Waals surface area contributed by atoms with Crippen LogP contribution in [0, 0.1) is 0 Å². The van der Waals surface area contributed by atoms with Crippen LogP contribution in [-0.2, 0) is 14.3 Å². The SMILES string of the molecule is CCOC(=O)C1=C(C)N(C)C(=O)[C@@H](NC(=O)c2ccccc2)[C@@H]1c1ccccc1. The molecule has 2 amide bonds. The summed E-state index contributed by atoms with van der Waals surface area (Å²) in [4.78, 5) is 40.2. The third kappa shape index (κ3) is 4.06. The first-order valence-corrected chi connectivity index (χ1v) is 9.52. The van der Waals surface area contributed by atoms with E-state index in [1.165, 1.54) is 4.90 Å². The van der Waals surface area contributed by atoms with Crippen LogP contribution < -0.4 is 5.32 Å². The first-order valence-electron chi connectivity index (χ1n) is 9.52. The molecule has 0 saturated carbocycles. The predicted octanol–water partition coefficient (Wildman–Crippen LogP) is 2.88. The highest BCUT2D eigenvalue weighted by Gasteiger charge is 2.44. The second-order valence-corrected chi connectivity index (χ2v) is 6.82. The van der Waals surface area contributed by atoms with E-state index in [2.05, 4.69) is 5.32 Å². The van der Waals surface area contributed by atoms with Crippen LogP contribution >= 0.6 is 0 Å². The lowest BCUT2D eigenvalue weighted by molar-refractivity contribution is -0.140. The summed E-state index contributed by atoms with van der Waals surface area (Å²) in [5, 5.41) is 2.84. The maximum Gasteiger partial charge on any atom is 0.336 e. The summed E-state index contributed by atoms with van der Waals surface area (Å²) in [6.45, 7) is 3.67. The van der Waals surface area contributed by atoms with Crippen molar-refractivity contribution in [1.29, 1.82) is 0 Å². The van der Waals surface area contributed by atoms with Gasteiger partial charge in [-0.3, -0.25) is 9.59 Å². The molecule has 0 unspecified atom stereocenters. The summed E-state index contributed by atoms with van der Waals surface area (Å²) in [7, 11) is 1.60. The molecule has 1 aliphatic heterocycles. The second-order valence-electron chi connectivity index (χ2n) is 6.82. The molecule has 0 radical (unpaired) electrons. The molecule has 3 rings (SSSR count). The molecule has 6 heteroatoms. The topological polar surface area (TPSA) is 75.7 Å². The van der Waals surface area contributed by atoms with Gasteiger partial charge in [0.25, 0.3) is 5.91 Å². The van der Waals surface area contributed by atoms with Gasteiger partial charge in [-0.25, -0.2) is 4.79 Å². The number of amides is 2. The van der Waals surface area contributed by atoms with Gasteiger partial charge >= 0.3 is 5.97 Å². The zero-order valence-electron chi connectivity index (χ0n) is 16.7. The Hall–Kier alpha value is -3.41. The second kappa shape index (κ2) is 8.73. The largest absolute Gasteiger partial charge is 0.463 e. The van der Waals surface area contributed by atoms with Crippen LogP contribution in [0.5, 0.6) is 0 Å². The minimum Gasteiger partial charge on any atom is -0.463 e. The lowest BCUT2D eigenvalue weighted by Gasteiger charge is -2.38. The van der Waals surface area contributed by atoms with Crippen molar-refractivity contribution in [3.05, 3.63) is 83.1 Å². The van der Waals surface area contributed by atoms with E-state index in [1.54, 1.807) is 45.2 Å². The molecule has 0 bridgehead atoms. The van der Waals surface area contributed by atoms with Crippen molar-refractivity contribution in [2.45, 2.75) is 25.8 Å². The predicted molar refractivity (Wildman–Crippen MR) is 109 cm³/mol. The Labute approximate surface area is 170 Å². The van der Waals surface area contributed by atoms with Crippen LogP contribution in [0.1, 0.15) is 35.7 Å². The lowest BCUT2D eigenvalue weighted by Crippen LogP contribution is -2.54. The molecule has 0 saturated heterocycles. The summed E-state index contributed by atoms with van der Waals surface area (Å²) in [6, 6.07) is 17.0. The molecule has 2 atom stereocenters. The first-order chi connectivity index (χ1) is 14.0. The summed E-state index contributed by atoms with van der Waals surface area (Å²) in [5.74, 6) is -1.79. The number of nitrogens with one attached hydrogen (secondary N) is 1. The molecule has 1 N–H and O–H groups in total. The molecular formula is C23H24N2O4. The monoisotopic (exact) mass is 392 g/mol. The van der Waals surface area contributed by atoms with E-state index in [4.69, 9.17) is 4.74 Å². The summed E-state index contributed by atoms with van der Waals surface area (Å²) >= 11 is 0. The number of hydrogen-bond donors (Lipinski definition) is 1.